The molecule has 0 atom stereocenters. The van der Waals surface area contributed by atoms with Crippen LogP contribution in [0.5, 0.6) is 0 Å². The molecule has 0 saturated carbocycles. The number of rotatable bonds is 3. The summed E-state index contributed by atoms with van der Waals surface area (Å²) in [6, 6.07) is 8.25. The van der Waals surface area contributed by atoms with Gasteiger partial charge >= 0.3 is 0 Å². The fourth-order valence-corrected chi connectivity index (χ4v) is 1.49. The summed E-state index contributed by atoms with van der Waals surface area (Å²) in [5.74, 6) is 0. The monoisotopic (exact) mass is 197 g/mol. The molecule has 15 heavy (non-hydrogen) atoms. The Morgan fingerprint density at radius 3 is 3.00 bits per heavy atom. The molecule has 0 spiro atoms. The minimum atomic E-state index is 0.918. The zero-order chi connectivity index (χ0) is 10.5. The van der Waals surface area contributed by atoms with Gasteiger partial charge in [-0.3, -0.25) is 0 Å². The van der Waals surface area contributed by atoms with Crippen LogP contribution in [-0.2, 0) is 6.42 Å². The zero-order valence-electron chi connectivity index (χ0n) is 8.52. The summed E-state index contributed by atoms with van der Waals surface area (Å²) >= 11 is 0. The van der Waals surface area contributed by atoms with Crippen molar-refractivity contribution < 1.29 is 4.42 Å². The van der Waals surface area contributed by atoms with E-state index < -0.39 is 0 Å². The molecule has 0 aliphatic rings. The van der Waals surface area contributed by atoms with Crippen LogP contribution in [0.15, 0.2) is 59.2 Å². The molecule has 1 heterocycles. The van der Waals surface area contributed by atoms with Crippen LogP contribution in [0.2, 0.25) is 0 Å². The van der Waals surface area contributed by atoms with Crippen LogP contribution in [0.1, 0.15) is 5.56 Å². The van der Waals surface area contributed by atoms with Crippen LogP contribution in [0.4, 0.5) is 0 Å². The smallest absolute Gasteiger partial charge is 0.134 e. The van der Waals surface area contributed by atoms with Crippen molar-refractivity contribution in [1.82, 2.24) is 0 Å². The van der Waals surface area contributed by atoms with Crippen molar-refractivity contribution in [2.24, 2.45) is 0 Å². The SMILES string of the molecule is [CH2]C=CC=CCc1ccc2ccoc2c1. The highest BCUT2D eigenvalue weighted by molar-refractivity contribution is 5.77. The third-order valence-electron chi connectivity index (χ3n) is 2.26. The molecule has 1 aromatic heterocycles. The van der Waals surface area contributed by atoms with E-state index >= 15 is 0 Å². The molecule has 2 aromatic rings. The van der Waals surface area contributed by atoms with Gasteiger partial charge in [-0.05, 0) is 31.0 Å². The van der Waals surface area contributed by atoms with E-state index in [1.54, 1.807) is 12.3 Å². The first-order chi connectivity index (χ1) is 7.40. The van der Waals surface area contributed by atoms with Gasteiger partial charge in [-0.1, -0.05) is 36.4 Å². The first kappa shape index (κ1) is 9.78. The summed E-state index contributed by atoms with van der Waals surface area (Å²) in [5.41, 5.74) is 2.21. The Morgan fingerprint density at radius 2 is 2.13 bits per heavy atom. The Bertz CT molecular complexity index is 489. The number of allylic oxidation sites excluding steroid dienone is 4. The molecule has 0 unspecified atom stereocenters. The van der Waals surface area contributed by atoms with Crippen molar-refractivity contribution in [3.8, 4) is 0 Å². The lowest BCUT2D eigenvalue weighted by atomic mass is 10.1. The van der Waals surface area contributed by atoms with Gasteiger partial charge in [0.05, 0.1) is 6.26 Å². The quantitative estimate of drug-likeness (QED) is 0.680. The number of fused-ring (bicyclic) bond motifs is 1. The number of furan rings is 1. The van der Waals surface area contributed by atoms with Crippen LogP contribution >= 0.6 is 0 Å². The zero-order valence-corrected chi connectivity index (χ0v) is 8.52. The third kappa shape index (κ3) is 2.38. The van der Waals surface area contributed by atoms with Gasteiger partial charge < -0.3 is 4.42 Å². The van der Waals surface area contributed by atoms with Crippen molar-refractivity contribution in [2.75, 3.05) is 0 Å². The highest BCUT2D eigenvalue weighted by Crippen LogP contribution is 2.17. The lowest BCUT2D eigenvalue weighted by Crippen LogP contribution is -1.79. The third-order valence-corrected chi connectivity index (χ3v) is 2.26. The number of hydrogen-bond acceptors (Lipinski definition) is 1. The summed E-state index contributed by atoms with van der Waals surface area (Å²) in [6.45, 7) is 3.62. The van der Waals surface area contributed by atoms with E-state index in [4.69, 9.17) is 4.42 Å². The van der Waals surface area contributed by atoms with Crippen LogP contribution < -0.4 is 0 Å². The van der Waals surface area contributed by atoms with Crippen molar-refractivity contribution >= 4 is 11.0 Å². The highest BCUT2D eigenvalue weighted by Gasteiger charge is 1.96. The summed E-state index contributed by atoms with van der Waals surface area (Å²) in [6.07, 6.45) is 10.4. The topological polar surface area (TPSA) is 13.1 Å². The molecule has 1 aromatic carbocycles. The molecule has 0 bridgehead atoms. The molecule has 0 aliphatic heterocycles. The molecule has 2 rings (SSSR count). The Balaban J connectivity index is 2.14. The second-order valence-corrected chi connectivity index (χ2v) is 3.35. The molecule has 0 N–H and O–H groups in total. The van der Waals surface area contributed by atoms with Crippen molar-refractivity contribution in [3.63, 3.8) is 0 Å². The van der Waals surface area contributed by atoms with Crippen LogP contribution in [0, 0.1) is 6.92 Å². The van der Waals surface area contributed by atoms with Crippen LogP contribution in [0.25, 0.3) is 11.0 Å². The molecular formula is C14H13O. The van der Waals surface area contributed by atoms with E-state index in [-0.39, 0.29) is 0 Å². The van der Waals surface area contributed by atoms with Gasteiger partial charge in [0.1, 0.15) is 5.58 Å². The van der Waals surface area contributed by atoms with Gasteiger partial charge in [0.2, 0.25) is 0 Å². The average Bonchev–Trinajstić information content (AvgIpc) is 2.71. The largest absolute Gasteiger partial charge is 0.464 e. The number of benzene rings is 1. The first-order valence-electron chi connectivity index (χ1n) is 4.97. The van der Waals surface area contributed by atoms with Crippen molar-refractivity contribution in [3.05, 3.63) is 67.3 Å². The predicted octanol–water partition coefficient (Wildman–Crippen LogP) is 3.92. The molecule has 0 amide bonds. The normalized spacial score (nSPS) is 12.1. The first-order valence-corrected chi connectivity index (χ1v) is 4.97. The van der Waals surface area contributed by atoms with Gasteiger partial charge in [0, 0.05) is 5.39 Å². The standard InChI is InChI=1S/C14H13O/c1-2-3-4-5-6-12-7-8-13-9-10-15-14(13)11-12/h2-5,7-11H,1,6H2. The average molecular weight is 197 g/mol. The van der Waals surface area contributed by atoms with E-state index in [0.29, 0.717) is 0 Å². The van der Waals surface area contributed by atoms with E-state index in [0.717, 1.165) is 17.4 Å². The van der Waals surface area contributed by atoms with Crippen LogP contribution in [-0.4, -0.2) is 0 Å². The lowest BCUT2D eigenvalue weighted by Gasteiger charge is -1.95. The number of hydrogen-bond donors (Lipinski definition) is 0. The molecule has 1 nitrogen and oxygen atoms in total. The summed E-state index contributed by atoms with van der Waals surface area (Å²) < 4.78 is 5.34. The Labute approximate surface area is 89.7 Å². The van der Waals surface area contributed by atoms with E-state index in [2.05, 4.69) is 31.2 Å². The van der Waals surface area contributed by atoms with Crippen LogP contribution in [0.3, 0.4) is 0 Å². The minimum Gasteiger partial charge on any atom is -0.464 e. The minimum absolute atomic E-state index is 0.918. The molecule has 75 valence electrons. The summed E-state index contributed by atoms with van der Waals surface area (Å²) in [4.78, 5) is 0. The fourth-order valence-electron chi connectivity index (χ4n) is 1.49. The van der Waals surface area contributed by atoms with E-state index in [1.807, 2.05) is 18.2 Å². The maximum Gasteiger partial charge on any atom is 0.134 e. The van der Waals surface area contributed by atoms with E-state index in [1.165, 1.54) is 5.56 Å². The molecular weight excluding hydrogens is 184 g/mol. The second-order valence-electron chi connectivity index (χ2n) is 3.35. The van der Waals surface area contributed by atoms with Gasteiger partial charge in [-0.25, -0.2) is 0 Å². The van der Waals surface area contributed by atoms with Gasteiger partial charge in [-0.2, -0.15) is 0 Å². The Kier molecular flexibility index (Phi) is 3.03. The molecule has 1 radical (unpaired) electrons. The predicted molar refractivity (Wildman–Crippen MR) is 63.6 cm³/mol. The van der Waals surface area contributed by atoms with Gasteiger partial charge in [-0.15, -0.1) is 0 Å². The molecule has 0 aliphatic carbocycles. The lowest BCUT2D eigenvalue weighted by molar-refractivity contribution is 0.615. The van der Waals surface area contributed by atoms with Gasteiger partial charge in [0.15, 0.2) is 0 Å². The van der Waals surface area contributed by atoms with Crippen molar-refractivity contribution in [1.29, 1.82) is 0 Å². The Morgan fingerprint density at radius 1 is 1.20 bits per heavy atom. The highest BCUT2D eigenvalue weighted by atomic mass is 16.3. The molecule has 1 heteroatoms. The Hall–Kier alpha value is -1.76. The maximum atomic E-state index is 5.34. The van der Waals surface area contributed by atoms with E-state index in [9.17, 15) is 0 Å². The fraction of sp³-hybridized carbons (Fsp3) is 0.0714. The summed E-state index contributed by atoms with van der Waals surface area (Å²) in [5, 5.41) is 1.15. The maximum absolute atomic E-state index is 5.34. The van der Waals surface area contributed by atoms with Gasteiger partial charge in [0.25, 0.3) is 0 Å². The second kappa shape index (κ2) is 4.65. The molecule has 0 saturated heterocycles. The van der Waals surface area contributed by atoms with Crippen molar-refractivity contribution in [2.45, 2.75) is 6.42 Å². The molecule has 0 fully saturated rings. The summed E-state index contributed by atoms with van der Waals surface area (Å²) in [7, 11) is 0.